The van der Waals surface area contributed by atoms with Crippen LogP contribution in [-0.4, -0.2) is 13.2 Å². The Morgan fingerprint density at radius 2 is 1.76 bits per heavy atom. The van der Waals surface area contributed by atoms with E-state index in [0.29, 0.717) is 0 Å². The van der Waals surface area contributed by atoms with E-state index in [1.807, 2.05) is 0 Å². The molecule has 0 bridgehead atoms. The lowest BCUT2D eigenvalue weighted by molar-refractivity contribution is 0.189. The summed E-state index contributed by atoms with van der Waals surface area (Å²) in [5.41, 5.74) is -0.308. The summed E-state index contributed by atoms with van der Waals surface area (Å²) in [6.45, 7) is 3.21. The van der Waals surface area contributed by atoms with E-state index in [9.17, 15) is 13.3 Å². The van der Waals surface area contributed by atoms with E-state index in [2.05, 4.69) is 0 Å². The molecule has 0 aliphatic heterocycles. The van der Waals surface area contributed by atoms with Crippen molar-refractivity contribution >= 4 is 7.60 Å². The third-order valence-electron chi connectivity index (χ3n) is 2.06. The van der Waals surface area contributed by atoms with Gasteiger partial charge in [0.2, 0.25) is 5.91 Å². The molecule has 1 unspecified atom stereocenters. The molecule has 0 aliphatic rings. The van der Waals surface area contributed by atoms with Gasteiger partial charge in [-0.2, -0.15) is 0 Å². The van der Waals surface area contributed by atoms with Crippen LogP contribution < -0.4 is 0 Å². The van der Waals surface area contributed by atoms with E-state index in [0.717, 1.165) is 6.07 Å². The number of benzene rings is 1. The summed E-state index contributed by atoms with van der Waals surface area (Å²) in [7, 11) is -3.97. The highest BCUT2D eigenvalue weighted by molar-refractivity contribution is 7.54. The van der Waals surface area contributed by atoms with Crippen LogP contribution >= 0.6 is 7.60 Å². The molecule has 0 saturated heterocycles. The van der Waals surface area contributed by atoms with Gasteiger partial charge in [0.1, 0.15) is 5.82 Å². The Morgan fingerprint density at radius 1 is 1.24 bits per heavy atom. The Hall–Kier alpha value is -0.770. The zero-order valence-electron chi connectivity index (χ0n) is 9.73. The van der Waals surface area contributed by atoms with Crippen LogP contribution in [0.1, 0.15) is 25.3 Å². The molecule has 0 spiro atoms. The lowest BCUT2D eigenvalue weighted by Gasteiger charge is -2.21. The minimum absolute atomic E-state index is 0.0339. The van der Waals surface area contributed by atoms with Crippen molar-refractivity contribution in [2.45, 2.75) is 19.8 Å². The minimum Gasteiger partial charge on any atom is -0.307 e. The van der Waals surface area contributed by atoms with Crippen LogP contribution in [0.3, 0.4) is 0 Å². The maximum atomic E-state index is 14.1. The van der Waals surface area contributed by atoms with E-state index in [1.165, 1.54) is 18.2 Å². The maximum absolute atomic E-state index is 14.1. The van der Waals surface area contributed by atoms with Crippen LogP contribution in [0.5, 0.6) is 0 Å². The summed E-state index contributed by atoms with van der Waals surface area (Å²) in [5, 5.41) is 0. The number of hydrogen-bond donors (Lipinski definition) is 0. The van der Waals surface area contributed by atoms with E-state index >= 15 is 0 Å². The molecule has 0 amide bonds. The highest BCUT2D eigenvalue weighted by Crippen LogP contribution is 2.61. The number of halogens is 2. The molecule has 6 heteroatoms. The first-order chi connectivity index (χ1) is 8.05. The second-order valence-corrected chi connectivity index (χ2v) is 5.28. The quantitative estimate of drug-likeness (QED) is 0.727. The maximum Gasteiger partial charge on any atom is 0.369 e. The molecule has 96 valence electrons. The second-order valence-electron chi connectivity index (χ2n) is 3.23. The van der Waals surface area contributed by atoms with Gasteiger partial charge >= 0.3 is 7.60 Å². The van der Waals surface area contributed by atoms with Crippen molar-refractivity contribution in [3.8, 4) is 0 Å². The van der Waals surface area contributed by atoms with E-state index in [-0.39, 0.29) is 18.8 Å². The highest BCUT2D eigenvalue weighted by atomic mass is 31.2. The smallest absolute Gasteiger partial charge is 0.307 e. The average molecular weight is 264 g/mol. The fraction of sp³-hybridized carbons (Fsp3) is 0.455. The summed E-state index contributed by atoms with van der Waals surface area (Å²) in [4.78, 5) is 0. The molecule has 0 aliphatic carbocycles. The predicted molar refractivity (Wildman–Crippen MR) is 61.1 cm³/mol. The van der Waals surface area contributed by atoms with Gasteiger partial charge in [0.15, 0.2) is 0 Å². The van der Waals surface area contributed by atoms with Crippen LogP contribution in [0.2, 0.25) is 0 Å². The fourth-order valence-electron chi connectivity index (χ4n) is 1.37. The number of rotatable bonds is 6. The van der Waals surface area contributed by atoms with Gasteiger partial charge in [0.05, 0.1) is 13.2 Å². The molecule has 0 fully saturated rings. The highest BCUT2D eigenvalue weighted by Gasteiger charge is 2.38. The third kappa shape index (κ3) is 3.35. The third-order valence-corrected chi connectivity index (χ3v) is 4.13. The fourth-order valence-corrected chi connectivity index (χ4v) is 2.97. The van der Waals surface area contributed by atoms with Crippen LogP contribution in [0.15, 0.2) is 24.3 Å². The molecule has 0 aromatic heterocycles. The SMILES string of the molecule is CCOP(=O)(OCC)C(F)c1ccccc1F. The van der Waals surface area contributed by atoms with Gasteiger partial charge in [-0.05, 0) is 19.9 Å². The molecule has 1 aromatic carbocycles. The molecule has 1 rings (SSSR count). The van der Waals surface area contributed by atoms with Gasteiger partial charge in [-0.25, -0.2) is 8.78 Å². The van der Waals surface area contributed by atoms with Crippen LogP contribution in [0.4, 0.5) is 8.78 Å². The predicted octanol–water partition coefficient (Wildman–Crippen LogP) is 4.06. The first-order valence-electron chi connectivity index (χ1n) is 5.32. The minimum atomic E-state index is -3.97. The Bertz CT molecular complexity index is 401. The first-order valence-corrected chi connectivity index (χ1v) is 6.93. The van der Waals surface area contributed by atoms with Crippen LogP contribution in [0, 0.1) is 5.82 Å². The van der Waals surface area contributed by atoms with Crippen molar-refractivity contribution in [2.75, 3.05) is 13.2 Å². The molecule has 0 radical (unpaired) electrons. The Kier molecular flexibility index (Phi) is 5.25. The van der Waals surface area contributed by atoms with E-state index < -0.39 is 19.3 Å². The molecule has 3 nitrogen and oxygen atoms in total. The van der Waals surface area contributed by atoms with Gasteiger partial charge in [-0.15, -0.1) is 0 Å². The van der Waals surface area contributed by atoms with Crippen molar-refractivity contribution in [2.24, 2.45) is 0 Å². The van der Waals surface area contributed by atoms with Crippen molar-refractivity contribution < 1.29 is 22.4 Å². The largest absolute Gasteiger partial charge is 0.369 e. The van der Waals surface area contributed by atoms with Crippen molar-refractivity contribution in [1.29, 1.82) is 0 Å². The van der Waals surface area contributed by atoms with Gasteiger partial charge in [-0.3, -0.25) is 4.57 Å². The van der Waals surface area contributed by atoms with Crippen LogP contribution in [-0.2, 0) is 13.6 Å². The molecule has 0 N–H and O–H groups in total. The van der Waals surface area contributed by atoms with Gasteiger partial charge in [-0.1, -0.05) is 18.2 Å². The van der Waals surface area contributed by atoms with Gasteiger partial charge in [0.25, 0.3) is 0 Å². The summed E-state index contributed by atoms with van der Waals surface area (Å²) in [6.07, 6.45) is 0. The first kappa shape index (κ1) is 14.3. The number of hydrogen-bond acceptors (Lipinski definition) is 3. The lowest BCUT2D eigenvalue weighted by atomic mass is 10.2. The molecule has 1 atom stereocenters. The summed E-state index contributed by atoms with van der Waals surface area (Å²) < 4.78 is 49.2. The standard InChI is InChI=1S/C11H15F2O3P/c1-3-15-17(14,16-4-2)11(13)9-7-5-6-8-10(9)12/h5-8,11H,3-4H2,1-2H3. The Morgan fingerprint density at radius 3 is 2.24 bits per heavy atom. The molecular weight excluding hydrogens is 249 g/mol. The number of alkyl halides is 1. The lowest BCUT2D eigenvalue weighted by Crippen LogP contribution is -2.04. The average Bonchev–Trinajstić information content (AvgIpc) is 2.29. The Balaban J connectivity index is 3.04. The monoisotopic (exact) mass is 264 g/mol. The molecule has 1 aromatic rings. The molecular formula is C11H15F2O3P. The van der Waals surface area contributed by atoms with Crippen molar-refractivity contribution in [1.82, 2.24) is 0 Å². The molecule has 0 saturated carbocycles. The van der Waals surface area contributed by atoms with Gasteiger partial charge < -0.3 is 9.05 Å². The van der Waals surface area contributed by atoms with E-state index in [4.69, 9.17) is 9.05 Å². The van der Waals surface area contributed by atoms with Crippen LogP contribution in [0.25, 0.3) is 0 Å². The van der Waals surface area contributed by atoms with Gasteiger partial charge in [0, 0.05) is 5.56 Å². The zero-order chi connectivity index (χ0) is 12.9. The van der Waals surface area contributed by atoms with E-state index in [1.54, 1.807) is 13.8 Å². The molecule has 0 heterocycles. The normalized spacial score (nSPS) is 13.6. The van der Waals surface area contributed by atoms with Crippen molar-refractivity contribution in [3.05, 3.63) is 35.6 Å². The second kappa shape index (κ2) is 6.24. The molecule has 17 heavy (non-hydrogen) atoms. The zero-order valence-corrected chi connectivity index (χ0v) is 10.6. The Labute approximate surface area is 99.3 Å². The summed E-state index contributed by atoms with van der Waals surface area (Å²) in [6, 6.07) is 5.22. The topological polar surface area (TPSA) is 35.5 Å². The van der Waals surface area contributed by atoms with Crippen molar-refractivity contribution in [3.63, 3.8) is 0 Å². The summed E-state index contributed by atoms with van der Waals surface area (Å²) >= 11 is 0. The summed E-state index contributed by atoms with van der Waals surface area (Å²) in [5.74, 6) is -2.87.